The Kier molecular flexibility index (Phi) is 4.98. The van der Waals surface area contributed by atoms with E-state index < -0.39 is 11.7 Å². The van der Waals surface area contributed by atoms with Gasteiger partial charge in [-0.1, -0.05) is 29.8 Å². The van der Waals surface area contributed by atoms with E-state index in [0.717, 1.165) is 11.1 Å². The maximum Gasteiger partial charge on any atom is 0.417 e. The van der Waals surface area contributed by atoms with Crippen molar-refractivity contribution >= 4 is 12.0 Å². The number of ether oxygens (including phenoxy) is 2. The molecule has 0 aliphatic carbocycles. The van der Waals surface area contributed by atoms with E-state index in [1.807, 2.05) is 52.0 Å². The number of carbonyl (C=O) groups is 1. The normalized spacial score (nSPS) is 11.2. The van der Waals surface area contributed by atoms with Gasteiger partial charge in [-0.25, -0.2) is 9.69 Å². The maximum absolute atomic E-state index is 12.5. The standard InChI is InChI=1S/C18H23NO4/c1-13-6-8-14(9-7-13)12-19(17(20)23-18(2,3)4)15-10-11-16(21-5)22-15/h6-11H,12H2,1-5H3. The third-order valence-electron chi connectivity index (χ3n) is 3.11. The number of nitrogens with zero attached hydrogens (tertiary/aromatic N) is 1. The molecule has 0 radical (unpaired) electrons. The number of aryl methyl sites for hydroxylation is 1. The molecule has 0 spiro atoms. The van der Waals surface area contributed by atoms with Crippen molar-refractivity contribution in [2.24, 2.45) is 0 Å². The van der Waals surface area contributed by atoms with E-state index in [9.17, 15) is 4.79 Å². The van der Waals surface area contributed by atoms with Crippen LogP contribution in [0.15, 0.2) is 40.8 Å². The highest BCUT2D eigenvalue weighted by atomic mass is 16.6. The molecule has 0 unspecified atom stereocenters. The van der Waals surface area contributed by atoms with Gasteiger partial charge in [-0.2, -0.15) is 0 Å². The molecule has 23 heavy (non-hydrogen) atoms. The van der Waals surface area contributed by atoms with Gasteiger partial charge < -0.3 is 13.9 Å². The Labute approximate surface area is 136 Å². The number of carbonyl (C=O) groups excluding carboxylic acids is 1. The molecule has 0 bridgehead atoms. The van der Waals surface area contributed by atoms with Gasteiger partial charge in [-0.05, 0) is 33.3 Å². The number of furan rings is 1. The predicted molar refractivity (Wildman–Crippen MR) is 88.9 cm³/mol. The Bertz CT molecular complexity index is 652. The van der Waals surface area contributed by atoms with Crippen LogP contribution in [0.25, 0.3) is 0 Å². The molecule has 0 aliphatic rings. The summed E-state index contributed by atoms with van der Waals surface area (Å²) in [4.78, 5) is 14.0. The molecule has 0 saturated carbocycles. The van der Waals surface area contributed by atoms with Crippen LogP contribution >= 0.6 is 0 Å². The molecule has 1 heterocycles. The lowest BCUT2D eigenvalue weighted by Gasteiger charge is -2.26. The molecule has 2 aromatic rings. The molecule has 1 amide bonds. The summed E-state index contributed by atoms with van der Waals surface area (Å²) in [5.41, 5.74) is 1.56. The first-order valence-corrected chi connectivity index (χ1v) is 7.48. The summed E-state index contributed by atoms with van der Waals surface area (Å²) in [6.07, 6.45) is -0.463. The largest absolute Gasteiger partial charge is 0.468 e. The molecule has 124 valence electrons. The third-order valence-corrected chi connectivity index (χ3v) is 3.11. The van der Waals surface area contributed by atoms with E-state index in [1.54, 1.807) is 12.1 Å². The first-order valence-electron chi connectivity index (χ1n) is 7.48. The zero-order valence-corrected chi connectivity index (χ0v) is 14.3. The Hall–Kier alpha value is -2.43. The van der Waals surface area contributed by atoms with E-state index in [2.05, 4.69) is 0 Å². The lowest BCUT2D eigenvalue weighted by molar-refractivity contribution is 0.0570. The summed E-state index contributed by atoms with van der Waals surface area (Å²) < 4.78 is 16.1. The van der Waals surface area contributed by atoms with Gasteiger partial charge in [0.15, 0.2) is 0 Å². The zero-order chi connectivity index (χ0) is 17.0. The SMILES string of the molecule is COc1ccc(N(Cc2ccc(C)cc2)C(=O)OC(C)(C)C)o1. The third kappa shape index (κ3) is 4.77. The second kappa shape index (κ2) is 6.77. The fourth-order valence-corrected chi connectivity index (χ4v) is 1.99. The van der Waals surface area contributed by atoms with Crippen molar-refractivity contribution in [3.8, 4) is 5.95 Å². The van der Waals surface area contributed by atoms with E-state index >= 15 is 0 Å². The fraction of sp³-hybridized carbons (Fsp3) is 0.389. The minimum atomic E-state index is -0.584. The molecule has 2 rings (SSSR count). The minimum absolute atomic E-state index is 0.345. The van der Waals surface area contributed by atoms with Crippen molar-refractivity contribution < 1.29 is 18.7 Å². The maximum atomic E-state index is 12.5. The highest BCUT2D eigenvalue weighted by molar-refractivity contribution is 5.86. The van der Waals surface area contributed by atoms with Crippen LogP contribution in [0.3, 0.4) is 0 Å². The molecular formula is C18H23NO4. The van der Waals surface area contributed by atoms with Crippen LogP contribution in [0.5, 0.6) is 5.95 Å². The summed E-state index contributed by atoms with van der Waals surface area (Å²) in [5.74, 6) is 0.731. The number of anilines is 1. The number of methoxy groups -OCH3 is 1. The molecule has 0 N–H and O–H groups in total. The van der Waals surface area contributed by atoms with Crippen LogP contribution in [0.1, 0.15) is 31.9 Å². The predicted octanol–water partition coefficient (Wildman–Crippen LogP) is 4.54. The monoisotopic (exact) mass is 317 g/mol. The zero-order valence-electron chi connectivity index (χ0n) is 14.3. The number of rotatable bonds is 4. The Morgan fingerprint density at radius 3 is 2.30 bits per heavy atom. The Balaban J connectivity index is 2.26. The second-order valence-electron chi connectivity index (χ2n) is 6.35. The lowest BCUT2D eigenvalue weighted by atomic mass is 10.1. The van der Waals surface area contributed by atoms with E-state index in [-0.39, 0.29) is 0 Å². The van der Waals surface area contributed by atoms with Crippen LogP contribution in [-0.2, 0) is 11.3 Å². The molecule has 0 saturated heterocycles. The smallest absolute Gasteiger partial charge is 0.417 e. The number of hydrogen-bond donors (Lipinski definition) is 0. The first kappa shape index (κ1) is 16.9. The van der Waals surface area contributed by atoms with E-state index in [0.29, 0.717) is 18.4 Å². The Morgan fingerprint density at radius 2 is 1.78 bits per heavy atom. The fourth-order valence-electron chi connectivity index (χ4n) is 1.99. The van der Waals surface area contributed by atoms with Gasteiger partial charge in [0.05, 0.1) is 13.7 Å². The van der Waals surface area contributed by atoms with Gasteiger partial charge in [0, 0.05) is 12.1 Å². The molecule has 0 fully saturated rings. The van der Waals surface area contributed by atoms with Gasteiger partial charge in [-0.15, -0.1) is 0 Å². The van der Waals surface area contributed by atoms with Gasteiger partial charge in [0.1, 0.15) is 5.60 Å². The van der Waals surface area contributed by atoms with Crippen molar-refractivity contribution in [1.82, 2.24) is 0 Å². The summed E-state index contributed by atoms with van der Waals surface area (Å²) in [5, 5.41) is 0. The average Bonchev–Trinajstić information content (AvgIpc) is 2.93. The number of benzene rings is 1. The topological polar surface area (TPSA) is 51.9 Å². The lowest BCUT2D eigenvalue weighted by Crippen LogP contribution is -2.36. The van der Waals surface area contributed by atoms with Gasteiger partial charge >= 0.3 is 6.09 Å². The Morgan fingerprint density at radius 1 is 1.13 bits per heavy atom. The average molecular weight is 317 g/mol. The molecular weight excluding hydrogens is 294 g/mol. The van der Waals surface area contributed by atoms with Crippen LogP contribution < -0.4 is 9.64 Å². The van der Waals surface area contributed by atoms with Gasteiger partial charge in [-0.3, -0.25) is 0 Å². The molecule has 1 aromatic carbocycles. The van der Waals surface area contributed by atoms with Crippen LogP contribution in [0, 0.1) is 6.92 Å². The van der Waals surface area contributed by atoms with Crippen LogP contribution in [0.2, 0.25) is 0 Å². The second-order valence-corrected chi connectivity index (χ2v) is 6.35. The van der Waals surface area contributed by atoms with Crippen molar-refractivity contribution in [3.63, 3.8) is 0 Å². The highest BCUT2D eigenvalue weighted by Crippen LogP contribution is 2.27. The van der Waals surface area contributed by atoms with Crippen LogP contribution in [0.4, 0.5) is 10.7 Å². The van der Waals surface area contributed by atoms with Crippen molar-refractivity contribution in [2.45, 2.75) is 39.8 Å². The first-order chi connectivity index (χ1) is 10.8. The molecule has 0 aliphatic heterocycles. The molecule has 5 nitrogen and oxygen atoms in total. The molecule has 5 heteroatoms. The number of amides is 1. The van der Waals surface area contributed by atoms with Gasteiger partial charge in [0.2, 0.25) is 5.88 Å². The van der Waals surface area contributed by atoms with Crippen molar-refractivity contribution in [1.29, 1.82) is 0 Å². The summed E-state index contributed by atoms with van der Waals surface area (Å²) in [7, 11) is 1.51. The van der Waals surface area contributed by atoms with E-state index in [1.165, 1.54) is 12.0 Å². The highest BCUT2D eigenvalue weighted by Gasteiger charge is 2.26. The quantitative estimate of drug-likeness (QED) is 0.831. The summed E-state index contributed by atoms with van der Waals surface area (Å²) in [6.45, 7) is 7.87. The van der Waals surface area contributed by atoms with Crippen LogP contribution in [-0.4, -0.2) is 18.8 Å². The van der Waals surface area contributed by atoms with Crippen molar-refractivity contribution in [2.75, 3.05) is 12.0 Å². The summed E-state index contributed by atoms with van der Waals surface area (Å²) in [6, 6.07) is 11.3. The summed E-state index contributed by atoms with van der Waals surface area (Å²) >= 11 is 0. The van der Waals surface area contributed by atoms with Crippen molar-refractivity contribution in [3.05, 3.63) is 47.5 Å². The molecule has 1 aromatic heterocycles. The number of hydrogen-bond acceptors (Lipinski definition) is 4. The van der Waals surface area contributed by atoms with Gasteiger partial charge in [0.25, 0.3) is 5.95 Å². The molecule has 0 atom stereocenters. The minimum Gasteiger partial charge on any atom is -0.468 e. The van der Waals surface area contributed by atoms with E-state index in [4.69, 9.17) is 13.9 Å².